The van der Waals surface area contributed by atoms with Gasteiger partial charge in [-0.05, 0) is 42.7 Å². The molecule has 1 aromatic heterocycles. The van der Waals surface area contributed by atoms with Gasteiger partial charge in [0, 0.05) is 11.1 Å². The van der Waals surface area contributed by atoms with Crippen LogP contribution in [0.2, 0.25) is 0 Å². The van der Waals surface area contributed by atoms with Crippen molar-refractivity contribution in [1.82, 2.24) is 9.78 Å². The number of nitrogens with one attached hydrogen (secondary N) is 1. The first kappa shape index (κ1) is 22.0. The van der Waals surface area contributed by atoms with Crippen LogP contribution < -0.4 is 10.9 Å². The molecule has 0 aliphatic heterocycles. The smallest absolute Gasteiger partial charge is 0.359 e. The molecule has 7 nitrogen and oxygen atoms in total. The van der Waals surface area contributed by atoms with Crippen molar-refractivity contribution in [3.8, 4) is 0 Å². The van der Waals surface area contributed by atoms with Gasteiger partial charge < -0.3 is 10.1 Å². The van der Waals surface area contributed by atoms with Crippen molar-refractivity contribution in [1.29, 1.82) is 0 Å². The van der Waals surface area contributed by atoms with E-state index in [0.29, 0.717) is 16.5 Å². The molecule has 33 heavy (non-hydrogen) atoms. The number of hydrogen-bond donors (Lipinski definition) is 1. The number of carbonyl (C=O) groups is 2. The number of rotatable bonds is 6. The number of amides is 1. The number of aryl methyl sites for hydroxylation is 2. The molecule has 0 saturated heterocycles. The highest BCUT2D eigenvalue weighted by Crippen LogP contribution is 2.17. The molecule has 0 aliphatic carbocycles. The van der Waals surface area contributed by atoms with Crippen LogP contribution in [0.25, 0.3) is 10.8 Å². The lowest BCUT2D eigenvalue weighted by Crippen LogP contribution is -2.28. The Kier molecular flexibility index (Phi) is 6.31. The minimum Gasteiger partial charge on any atom is -0.451 e. The second-order valence-corrected chi connectivity index (χ2v) is 7.79. The molecule has 0 atom stereocenters. The lowest BCUT2D eigenvalue weighted by molar-refractivity contribution is -0.119. The van der Waals surface area contributed by atoms with E-state index in [4.69, 9.17) is 4.74 Å². The molecule has 7 heteroatoms. The maximum atomic E-state index is 12.9. The quantitative estimate of drug-likeness (QED) is 0.459. The van der Waals surface area contributed by atoms with Crippen molar-refractivity contribution in [2.45, 2.75) is 20.4 Å². The van der Waals surface area contributed by atoms with Crippen LogP contribution in [0.3, 0.4) is 0 Å². The van der Waals surface area contributed by atoms with Crippen molar-refractivity contribution in [3.05, 3.63) is 106 Å². The Bertz CT molecular complexity index is 1390. The van der Waals surface area contributed by atoms with Gasteiger partial charge in [0.15, 0.2) is 12.3 Å². The number of anilines is 1. The first-order valence-corrected chi connectivity index (χ1v) is 10.5. The third-order valence-corrected chi connectivity index (χ3v) is 5.24. The van der Waals surface area contributed by atoms with Crippen molar-refractivity contribution in [2.75, 3.05) is 11.9 Å². The molecule has 4 rings (SSSR count). The van der Waals surface area contributed by atoms with Gasteiger partial charge in [0.25, 0.3) is 11.5 Å². The summed E-state index contributed by atoms with van der Waals surface area (Å²) in [5.74, 6) is -1.23. The Labute approximate surface area is 190 Å². The average Bonchev–Trinajstić information content (AvgIpc) is 2.82. The molecular formula is C26H23N3O4. The molecule has 0 aliphatic rings. The zero-order valence-corrected chi connectivity index (χ0v) is 18.4. The first-order valence-electron chi connectivity index (χ1n) is 10.5. The number of hydrogen-bond acceptors (Lipinski definition) is 5. The van der Waals surface area contributed by atoms with Crippen molar-refractivity contribution in [3.63, 3.8) is 0 Å². The topological polar surface area (TPSA) is 90.3 Å². The van der Waals surface area contributed by atoms with Gasteiger partial charge >= 0.3 is 5.97 Å². The van der Waals surface area contributed by atoms with E-state index in [1.807, 2.05) is 62.4 Å². The van der Waals surface area contributed by atoms with Crippen molar-refractivity contribution in [2.24, 2.45) is 0 Å². The van der Waals surface area contributed by atoms with E-state index in [1.165, 1.54) is 4.68 Å². The van der Waals surface area contributed by atoms with E-state index in [0.717, 1.165) is 16.7 Å². The number of nitrogens with zero attached hydrogens (tertiary/aromatic N) is 2. The van der Waals surface area contributed by atoms with E-state index < -0.39 is 18.5 Å². The lowest BCUT2D eigenvalue weighted by Gasteiger charge is -2.12. The highest BCUT2D eigenvalue weighted by molar-refractivity contribution is 6.03. The molecule has 0 spiro atoms. The van der Waals surface area contributed by atoms with Crippen LogP contribution in [0.1, 0.15) is 27.2 Å². The lowest BCUT2D eigenvalue weighted by atomic mass is 10.1. The van der Waals surface area contributed by atoms with Gasteiger partial charge in [-0.2, -0.15) is 5.10 Å². The molecule has 0 radical (unpaired) electrons. The second kappa shape index (κ2) is 9.48. The summed E-state index contributed by atoms with van der Waals surface area (Å²) in [6.45, 7) is 3.54. The van der Waals surface area contributed by atoms with Crippen molar-refractivity contribution >= 4 is 28.3 Å². The molecule has 1 heterocycles. The minimum atomic E-state index is -0.774. The van der Waals surface area contributed by atoms with E-state index >= 15 is 0 Å². The Hall–Kier alpha value is -4.26. The summed E-state index contributed by atoms with van der Waals surface area (Å²) in [4.78, 5) is 38.2. The molecule has 0 unspecified atom stereocenters. The predicted octanol–water partition coefficient (Wildman–Crippen LogP) is 3.86. The Morgan fingerprint density at radius 1 is 0.939 bits per heavy atom. The number of carbonyl (C=O) groups excluding carboxylic acids is 2. The Balaban J connectivity index is 1.57. The summed E-state index contributed by atoms with van der Waals surface area (Å²) >= 11 is 0. The summed E-state index contributed by atoms with van der Waals surface area (Å²) in [7, 11) is 0. The van der Waals surface area contributed by atoms with E-state index in [2.05, 4.69) is 10.4 Å². The van der Waals surface area contributed by atoms with Gasteiger partial charge in [-0.15, -0.1) is 0 Å². The highest BCUT2D eigenvalue weighted by atomic mass is 16.5. The normalized spacial score (nSPS) is 10.7. The van der Waals surface area contributed by atoms with E-state index in [9.17, 15) is 14.4 Å². The summed E-state index contributed by atoms with van der Waals surface area (Å²) in [6.07, 6.45) is 0. The van der Waals surface area contributed by atoms with Gasteiger partial charge in [0.2, 0.25) is 0 Å². The van der Waals surface area contributed by atoms with Crippen LogP contribution in [0, 0.1) is 13.8 Å². The zero-order valence-electron chi connectivity index (χ0n) is 18.4. The summed E-state index contributed by atoms with van der Waals surface area (Å²) in [6, 6.07) is 21.8. The maximum Gasteiger partial charge on any atom is 0.359 e. The fourth-order valence-electron chi connectivity index (χ4n) is 3.51. The van der Waals surface area contributed by atoms with Crippen LogP contribution in [-0.4, -0.2) is 28.3 Å². The molecule has 4 aromatic rings. The molecule has 1 amide bonds. The van der Waals surface area contributed by atoms with Crippen LogP contribution in [0.4, 0.5) is 5.69 Å². The molecule has 3 aromatic carbocycles. The molecular weight excluding hydrogens is 418 g/mol. The van der Waals surface area contributed by atoms with Gasteiger partial charge in [0.05, 0.1) is 11.9 Å². The van der Waals surface area contributed by atoms with E-state index in [1.54, 1.807) is 24.3 Å². The number of esters is 1. The predicted molar refractivity (Wildman–Crippen MR) is 126 cm³/mol. The number of aromatic nitrogens is 2. The molecule has 166 valence electrons. The minimum absolute atomic E-state index is 0.0133. The molecule has 0 bridgehead atoms. The summed E-state index contributed by atoms with van der Waals surface area (Å²) in [5, 5.41) is 7.78. The summed E-state index contributed by atoms with van der Waals surface area (Å²) < 4.78 is 6.50. The van der Waals surface area contributed by atoms with Gasteiger partial charge in [0.1, 0.15) is 0 Å². The maximum absolute atomic E-state index is 12.9. The molecule has 0 fully saturated rings. The average molecular weight is 441 g/mol. The molecule has 0 saturated carbocycles. The fourth-order valence-corrected chi connectivity index (χ4v) is 3.51. The van der Waals surface area contributed by atoms with Crippen LogP contribution >= 0.6 is 0 Å². The standard InChI is InChI=1S/C26H23N3O4/c1-17-12-13-18(2)22(14-17)27-23(30)16-33-26(32)24-20-10-6-7-11-21(20)25(31)29(28-24)15-19-8-4-3-5-9-19/h3-14H,15-16H2,1-2H3,(H,27,30). The van der Waals surface area contributed by atoms with Crippen LogP contribution in [0.15, 0.2) is 77.6 Å². The van der Waals surface area contributed by atoms with E-state index in [-0.39, 0.29) is 17.8 Å². The SMILES string of the molecule is Cc1ccc(C)c(NC(=O)COC(=O)c2nn(Cc3ccccc3)c(=O)c3ccccc23)c1. The number of fused-ring (bicyclic) bond motifs is 1. The van der Waals surface area contributed by atoms with Crippen LogP contribution in [0.5, 0.6) is 0 Å². The van der Waals surface area contributed by atoms with Crippen LogP contribution in [-0.2, 0) is 16.1 Å². The largest absolute Gasteiger partial charge is 0.451 e. The Morgan fingerprint density at radius 3 is 2.39 bits per heavy atom. The van der Waals surface area contributed by atoms with Gasteiger partial charge in [-0.1, -0.05) is 60.7 Å². The first-order chi connectivity index (χ1) is 15.9. The fraction of sp³-hybridized carbons (Fsp3) is 0.154. The summed E-state index contributed by atoms with van der Waals surface area (Å²) in [5.41, 5.74) is 3.12. The second-order valence-electron chi connectivity index (χ2n) is 7.79. The highest BCUT2D eigenvalue weighted by Gasteiger charge is 2.19. The van der Waals surface area contributed by atoms with Gasteiger partial charge in [-0.3, -0.25) is 9.59 Å². The zero-order chi connectivity index (χ0) is 23.4. The number of ether oxygens (including phenoxy) is 1. The Morgan fingerprint density at radius 2 is 1.64 bits per heavy atom. The van der Waals surface area contributed by atoms with Crippen molar-refractivity contribution < 1.29 is 14.3 Å². The third-order valence-electron chi connectivity index (χ3n) is 5.24. The molecule has 1 N–H and O–H groups in total. The number of benzene rings is 3. The third kappa shape index (κ3) is 4.98. The monoisotopic (exact) mass is 441 g/mol. The van der Waals surface area contributed by atoms with Gasteiger partial charge in [-0.25, -0.2) is 9.48 Å².